The van der Waals surface area contributed by atoms with Crippen LogP contribution in [0.25, 0.3) is 0 Å². The lowest BCUT2D eigenvalue weighted by molar-refractivity contribution is -0.123. The van der Waals surface area contributed by atoms with Crippen LogP contribution in [-0.2, 0) is 4.79 Å². The van der Waals surface area contributed by atoms with Crippen LogP contribution in [0.4, 0.5) is 0 Å². The highest BCUT2D eigenvalue weighted by atomic mass is 32.2. The molecule has 15 heavy (non-hydrogen) atoms. The van der Waals surface area contributed by atoms with Gasteiger partial charge in [-0.2, -0.15) is 11.8 Å². The van der Waals surface area contributed by atoms with Gasteiger partial charge in [-0.15, -0.1) is 0 Å². The van der Waals surface area contributed by atoms with Crippen LogP contribution in [0.15, 0.2) is 0 Å². The molecule has 2 atom stereocenters. The zero-order valence-corrected chi connectivity index (χ0v) is 10.3. The van der Waals surface area contributed by atoms with Crippen molar-refractivity contribution in [3.05, 3.63) is 0 Å². The molecule has 2 nitrogen and oxygen atoms in total. The van der Waals surface area contributed by atoms with Gasteiger partial charge in [0.1, 0.15) is 5.78 Å². The Morgan fingerprint density at radius 3 is 2.67 bits per heavy atom. The van der Waals surface area contributed by atoms with E-state index in [-0.39, 0.29) is 11.3 Å². The van der Waals surface area contributed by atoms with Gasteiger partial charge in [0, 0.05) is 17.4 Å². The molecule has 0 amide bonds. The highest BCUT2D eigenvalue weighted by Crippen LogP contribution is 2.41. The molecule has 0 aromatic carbocycles. The molecule has 0 aromatic rings. The summed E-state index contributed by atoms with van der Waals surface area (Å²) in [6.45, 7) is 4.19. The number of carbonyl (C=O) groups excluding carboxylic acids is 1. The second kappa shape index (κ2) is 3.93. The normalized spacial score (nSPS) is 35.9. The van der Waals surface area contributed by atoms with Crippen molar-refractivity contribution in [3.8, 4) is 0 Å². The van der Waals surface area contributed by atoms with Crippen molar-refractivity contribution in [2.75, 3.05) is 5.75 Å². The number of carbonyl (C=O) groups is 1. The van der Waals surface area contributed by atoms with E-state index in [9.17, 15) is 4.79 Å². The number of rotatable bonds is 1. The topological polar surface area (TPSA) is 40.9 Å². The van der Waals surface area contributed by atoms with Crippen molar-refractivity contribution in [3.63, 3.8) is 0 Å². The molecule has 1 aliphatic carbocycles. The van der Waals surface area contributed by atoms with Gasteiger partial charge in [-0.25, -0.2) is 0 Å². The third-order valence-electron chi connectivity index (χ3n) is 3.38. The molecule has 0 spiro atoms. The lowest BCUT2D eigenvalue weighted by Gasteiger charge is -2.36. The van der Waals surface area contributed by atoms with Gasteiger partial charge in [-0.1, -0.05) is 13.8 Å². The molecule has 1 N–H and O–H groups in total. The third-order valence-corrected chi connectivity index (χ3v) is 4.84. The summed E-state index contributed by atoms with van der Waals surface area (Å²) in [5, 5.41) is 8.48. The van der Waals surface area contributed by atoms with Gasteiger partial charge in [0.15, 0.2) is 0 Å². The van der Waals surface area contributed by atoms with E-state index in [1.54, 1.807) is 0 Å². The van der Waals surface area contributed by atoms with Gasteiger partial charge in [0.25, 0.3) is 0 Å². The zero-order chi connectivity index (χ0) is 11.1. The first-order valence-corrected chi connectivity index (χ1v) is 6.76. The number of Topliss-reactive ketones (excluding diaryl/α,β-unsaturated/α-hetero) is 1. The highest BCUT2D eigenvalue weighted by molar-refractivity contribution is 8.00. The first kappa shape index (κ1) is 11.2. The predicted octanol–water partition coefficient (Wildman–Crippen LogP) is 2.91. The van der Waals surface area contributed by atoms with Crippen molar-refractivity contribution in [1.29, 1.82) is 5.41 Å². The van der Waals surface area contributed by atoms with Gasteiger partial charge >= 0.3 is 0 Å². The number of hydrogen-bond donors (Lipinski definition) is 1. The van der Waals surface area contributed by atoms with Crippen molar-refractivity contribution < 1.29 is 4.79 Å². The molecule has 2 rings (SSSR count). The van der Waals surface area contributed by atoms with E-state index < -0.39 is 0 Å². The van der Waals surface area contributed by atoms with Crippen LogP contribution < -0.4 is 0 Å². The van der Waals surface area contributed by atoms with E-state index in [4.69, 9.17) is 5.41 Å². The average molecular weight is 225 g/mol. The maximum atomic E-state index is 12.1. The molecule has 2 aliphatic rings. The van der Waals surface area contributed by atoms with Gasteiger partial charge in [-0.05, 0) is 30.4 Å². The minimum absolute atomic E-state index is 0.0218. The summed E-state index contributed by atoms with van der Waals surface area (Å²) in [6.07, 6.45) is 3.82. The van der Waals surface area contributed by atoms with E-state index in [0.29, 0.717) is 23.2 Å². The fourth-order valence-electron chi connectivity index (χ4n) is 2.76. The standard InChI is InChI=1S/C12H19NOS/c1-12(2)6-8(13)11(9(14)7-12)10-4-3-5-15-10/h10-11,13H,3-7H2,1-2H3. The van der Waals surface area contributed by atoms with Gasteiger partial charge in [0.05, 0.1) is 5.92 Å². The van der Waals surface area contributed by atoms with E-state index in [2.05, 4.69) is 13.8 Å². The molecule has 1 heterocycles. The summed E-state index contributed by atoms with van der Waals surface area (Å²) in [4.78, 5) is 12.1. The highest BCUT2D eigenvalue weighted by Gasteiger charge is 2.42. The summed E-state index contributed by atoms with van der Waals surface area (Å²) >= 11 is 1.89. The Labute approximate surface area is 95.7 Å². The quantitative estimate of drug-likeness (QED) is 0.745. The average Bonchev–Trinajstić information content (AvgIpc) is 2.52. The van der Waals surface area contributed by atoms with E-state index in [0.717, 1.165) is 12.8 Å². The monoisotopic (exact) mass is 225 g/mol. The van der Waals surface area contributed by atoms with Crippen LogP contribution in [-0.4, -0.2) is 22.5 Å². The van der Waals surface area contributed by atoms with Crippen molar-refractivity contribution in [2.45, 2.75) is 44.8 Å². The molecular weight excluding hydrogens is 206 g/mol. The summed E-state index contributed by atoms with van der Waals surface area (Å²) in [5.41, 5.74) is 0.712. The van der Waals surface area contributed by atoms with Crippen molar-refractivity contribution >= 4 is 23.3 Å². The van der Waals surface area contributed by atoms with Gasteiger partial charge in [-0.3, -0.25) is 4.79 Å². The van der Waals surface area contributed by atoms with Crippen molar-refractivity contribution in [1.82, 2.24) is 0 Å². The largest absolute Gasteiger partial charge is 0.309 e. The van der Waals surface area contributed by atoms with Gasteiger partial charge in [0.2, 0.25) is 0 Å². The number of ketones is 1. The SMILES string of the molecule is CC1(C)CC(=N)C(C2CCCS2)C(=O)C1. The number of nitrogens with one attached hydrogen (secondary N) is 1. The third kappa shape index (κ3) is 2.27. The molecule has 1 aliphatic heterocycles. The molecule has 1 saturated carbocycles. The van der Waals surface area contributed by atoms with Crippen LogP contribution in [0.3, 0.4) is 0 Å². The number of hydrogen-bond acceptors (Lipinski definition) is 3. The second-order valence-electron chi connectivity index (χ2n) is 5.54. The second-order valence-corrected chi connectivity index (χ2v) is 6.89. The Morgan fingerprint density at radius 2 is 2.13 bits per heavy atom. The molecule has 2 unspecified atom stereocenters. The molecule has 0 aromatic heterocycles. The molecule has 3 heteroatoms. The van der Waals surface area contributed by atoms with E-state index in [1.807, 2.05) is 11.8 Å². The van der Waals surface area contributed by atoms with E-state index in [1.165, 1.54) is 12.2 Å². The van der Waals surface area contributed by atoms with E-state index >= 15 is 0 Å². The molecule has 0 radical (unpaired) electrons. The first-order chi connectivity index (χ1) is 6.99. The minimum Gasteiger partial charge on any atom is -0.309 e. The van der Waals surface area contributed by atoms with Crippen LogP contribution in [0.1, 0.15) is 39.5 Å². The first-order valence-electron chi connectivity index (χ1n) is 5.71. The lowest BCUT2D eigenvalue weighted by atomic mass is 9.70. The molecule has 2 fully saturated rings. The molecule has 84 valence electrons. The zero-order valence-electron chi connectivity index (χ0n) is 9.51. The van der Waals surface area contributed by atoms with Crippen LogP contribution in [0.5, 0.6) is 0 Å². The van der Waals surface area contributed by atoms with Crippen LogP contribution in [0, 0.1) is 16.7 Å². The Balaban J connectivity index is 2.12. The smallest absolute Gasteiger partial charge is 0.143 e. The fourth-order valence-corrected chi connectivity index (χ4v) is 4.24. The van der Waals surface area contributed by atoms with Crippen LogP contribution >= 0.6 is 11.8 Å². The maximum Gasteiger partial charge on any atom is 0.143 e. The summed E-state index contributed by atoms with van der Waals surface area (Å²) in [5.74, 6) is 1.44. The summed E-state index contributed by atoms with van der Waals surface area (Å²) < 4.78 is 0. The Bertz CT molecular complexity index is 272. The van der Waals surface area contributed by atoms with Crippen molar-refractivity contribution in [2.24, 2.45) is 11.3 Å². The Kier molecular flexibility index (Phi) is 2.93. The lowest BCUT2D eigenvalue weighted by Crippen LogP contribution is -2.41. The van der Waals surface area contributed by atoms with Gasteiger partial charge < -0.3 is 5.41 Å². The Morgan fingerprint density at radius 1 is 1.40 bits per heavy atom. The maximum absolute atomic E-state index is 12.1. The summed E-state index contributed by atoms with van der Waals surface area (Å²) in [7, 11) is 0. The fraction of sp³-hybridized carbons (Fsp3) is 0.833. The van der Waals surface area contributed by atoms with Crippen LogP contribution in [0.2, 0.25) is 0 Å². The molecular formula is C12H19NOS. The molecule has 0 bridgehead atoms. The molecule has 1 saturated heterocycles. The minimum atomic E-state index is -0.0504. The summed E-state index contributed by atoms with van der Waals surface area (Å²) in [6, 6.07) is 0. The Hall–Kier alpha value is -0.310. The number of thioether (sulfide) groups is 1. The predicted molar refractivity (Wildman–Crippen MR) is 64.7 cm³/mol.